The monoisotopic (exact) mass is 178 g/mol. The zero-order valence-electron chi connectivity index (χ0n) is 4.52. The lowest BCUT2D eigenvalue weighted by Gasteiger charge is -1.97. The summed E-state index contributed by atoms with van der Waals surface area (Å²) in [6.07, 6.45) is 0.766. The summed E-state index contributed by atoms with van der Waals surface area (Å²) < 4.78 is 0. The lowest BCUT2D eigenvalue weighted by molar-refractivity contribution is -0.142. The smallest absolute Gasteiger partial charge is 0.310 e. The Balaban J connectivity index is 2.60. The predicted molar refractivity (Wildman–Crippen MR) is 33.1 cm³/mol. The summed E-state index contributed by atoms with van der Waals surface area (Å²) in [5.41, 5.74) is -0.458. The van der Waals surface area contributed by atoms with Crippen molar-refractivity contribution in [2.24, 2.45) is 5.41 Å². The second-order valence-corrected chi connectivity index (χ2v) is 3.50. The largest absolute Gasteiger partial charge is 0.481 e. The van der Waals surface area contributed by atoms with Crippen molar-refractivity contribution in [3.63, 3.8) is 0 Å². The third-order valence-electron chi connectivity index (χ3n) is 1.62. The van der Waals surface area contributed by atoms with Crippen LogP contribution in [0, 0.1) is 5.41 Å². The maximum absolute atomic E-state index is 10.3. The van der Waals surface area contributed by atoms with Crippen molar-refractivity contribution < 1.29 is 9.90 Å². The Hall–Kier alpha value is -0.0500. The van der Waals surface area contributed by atoms with E-state index in [1.165, 1.54) is 0 Å². The second-order valence-electron chi connectivity index (χ2n) is 2.39. The SMILES string of the molecule is C[C@@]1(C(=O)O)C[C@H]1Br. The Morgan fingerprint density at radius 3 is 2.38 bits per heavy atom. The maximum Gasteiger partial charge on any atom is 0.310 e. The lowest BCUT2D eigenvalue weighted by atomic mass is 10.2. The Kier molecular flexibility index (Phi) is 1.11. The molecule has 0 amide bonds. The molecule has 0 unspecified atom stereocenters. The first kappa shape index (κ1) is 6.08. The molecular weight excluding hydrogens is 172 g/mol. The van der Waals surface area contributed by atoms with Crippen LogP contribution in [0.25, 0.3) is 0 Å². The number of rotatable bonds is 1. The number of hydrogen-bond donors (Lipinski definition) is 1. The molecule has 1 rings (SSSR count). The fraction of sp³-hybridized carbons (Fsp3) is 0.800. The molecule has 0 heterocycles. The Labute approximate surface area is 56.0 Å². The van der Waals surface area contributed by atoms with Gasteiger partial charge in [-0.25, -0.2) is 0 Å². The Bertz CT molecular complexity index is 134. The molecule has 2 nitrogen and oxygen atoms in total. The molecule has 0 aliphatic heterocycles. The topological polar surface area (TPSA) is 37.3 Å². The van der Waals surface area contributed by atoms with Gasteiger partial charge in [-0.1, -0.05) is 15.9 Å². The van der Waals surface area contributed by atoms with Crippen molar-refractivity contribution in [3.05, 3.63) is 0 Å². The highest BCUT2D eigenvalue weighted by Crippen LogP contribution is 2.51. The lowest BCUT2D eigenvalue weighted by Crippen LogP contribution is -2.12. The van der Waals surface area contributed by atoms with Crippen molar-refractivity contribution in [2.45, 2.75) is 18.2 Å². The van der Waals surface area contributed by atoms with Crippen LogP contribution in [0.15, 0.2) is 0 Å². The van der Waals surface area contributed by atoms with E-state index in [0.717, 1.165) is 6.42 Å². The quantitative estimate of drug-likeness (QED) is 0.615. The Morgan fingerprint density at radius 1 is 2.00 bits per heavy atom. The van der Waals surface area contributed by atoms with Crippen LogP contribution < -0.4 is 0 Å². The highest BCUT2D eigenvalue weighted by atomic mass is 79.9. The predicted octanol–water partition coefficient (Wildman–Crippen LogP) is 1.24. The van der Waals surface area contributed by atoms with Gasteiger partial charge in [-0.2, -0.15) is 0 Å². The molecule has 0 spiro atoms. The van der Waals surface area contributed by atoms with E-state index in [0.29, 0.717) is 0 Å². The third kappa shape index (κ3) is 0.652. The third-order valence-corrected chi connectivity index (χ3v) is 2.96. The molecular formula is C5H7BrO2. The number of hydrogen-bond acceptors (Lipinski definition) is 1. The number of carboxylic acid groups (broad SMARTS) is 1. The van der Waals surface area contributed by atoms with E-state index in [-0.39, 0.29) is 4.83 Å². The molecule has 3 heteroatoms. The number of halogens is 1. The molecule has 1 N–H and O–H groups in total. The van der Waals surface area contributed by atoms with Gasteiger partial charge in [0.25, 0.3) is 0 Å². The summed E-state index contributed by atoms with van der Waals surface area (Å²) in [4.78, 5) is 10.5. The zero-order chi connectivity index (χ0) is 6.36. The van der Waals surface area contributed by atoms with Crippen LogP contribution >= 0.6 is 15.9 Å². The molecule has 2 atom stereocenters. The Morgan fingerprint density at radius 2 is 2.38 bits per heavy atom. The molecule has 0 radical (unpaired) electrons. The van der Waals surface area contributed by atoms with E-state index in [2.05, 4.69) is 15.9 Å². The van der Waals surface area contributed by atoms with Crippen LogP contribution in [-0.2, 0) is 4.79 Å². The minimum Gasteiger partial charge on any atom is -0.481 e. The van der Waals surface area contributed by atoms with Crippen molar-refractivity contribution in [1.82, 2.24) is 0 Å². The molecule has 1 aliphatic rings. The van der Waals surface area contributed by atoms with Crippen LogP contribution in [-0.4, -0.2) is 15.9 Å². The molecule has 0 aromatic heterocycles. The zero-order valence-corrected chi connectivity index (χ0v) is 6.10. The van der Waals surface area contributed by atoms with Crippen LogP contribution in [0.5, 0.6) is 0 Å². The molecule has 1 saturated carbocycles. The van der Waals surface area contributed by atoms with Gasteiger partial charge in [0.15, 0.2) is 0 Å². The molecule has 8 heavy (non-hydrogen) atoms. The molecule has 1 fully saturated rings. The summed E-state index contributed by atoms with van der Waals surface area (Å²) in [6, 6.07) is 0. The van der Waals surface area contributed by atoms with Gasteiger partial charge in [-0.05, 0) is 13.3 Å². The van der Waals surface area contributed by atoms with E-state index in [1.807, 2.05) is 0 Å². The maximum atomic E-state index is 10.3. The number of aliphatic carboxylic acids is 1. The summed E-state index contributed by atoms with van der Waals surface area (Å²) >= 11 is 3.22. The van der Waals surface area contributed by atoms with Crippen molar-refractivity contribution in [3.8, 4) is 0 Å². The average molecular weight is 179 g/mol. The van der Waals surface area contributed by atoms with Gasteiger partial charge in [0.1, 0.15) is 0 Å². The first-order valence-corrected chi connectivity index (χ1v) is 3.36. The van der Waals surface area contributed by atoms with Gasteiger partial charge in [-0.15, -0.1) is 0 Å². The van der Waals surface area contributed by atoms with Gasteiger partial charge in [0, 0.05) is 4.83 Å². The molecule has 0 aromatic carbocycles. The van der Waals surface area contributed by atoms with E-state index < -0.39 is 11.4 Å². The van der Waals surface area contributed by atoms with Crippen LogP contribution in [0.4, 0.5) is 0 Å². The van der Waals surface area contributed by atoms with Gasteiger partial charge < -0.3 is 5.11 Å². The summed E-state index contributed by atoms with van der Waals surface area (Å²) in [7, 11) is 0. The first-order valence-electron chi connectivity index (χ1n) is 2.45. The van der Waals surface area contributed by atoms with Crippen molar-refractivity contribution >= 4 is 21.9 Å². The summed E-state index contributed by atoms with van der Waals surface area (Å²) in [5, 5.41) is 8.45. The summed E-state index contributed by atoms with van der Waals surface area (Å²) in [5.74, 6) is -0.695. The van der Waals surface area contributed by atoms with Crippen LogP contribution in [0.3, 0.4) is 0 Å². The van der Waals surface area contributed by atoms with Gasteiger partial charge >= 0.3 is 5.97 Å². The van der Waals surface area contributed by atoms with Gasteiger partial charge in [0.2, 0.25) is 0 Å². The molecule has 0 bridgehead atoms. The molecule has 0 saturated heterocycles. The van der Waals surface area contributed by atoms with E-state index in [9.17, 15) is 4.79 Å². The van der Waals surface area contributed by atoms with Crippen LogP contribution in [0.2, 0.25) is 0 Å². The molecule has 0 aromatic rings. The van der Waals surface area contributed by atoms with Gasteiger partial charge in [-0.3, -0.25) is 4.79 Å². The fourth-order valence-electron chi connectivity index (χ4n) is 0.535. The fourth-order valence-corrected chi connectivity index (χ4v) is 1.40. The van der Waals surface area contributed by atoms with Crippen LogP contribution in [0.1, 0.15) is 13.3 Å². The standard InChI is InChI=1S/C5H7BrO2/c1-5(4(7)8)2-3(5)6/h3H,2H2,1H3,(H,7,8)/t3-,5-/m1/s1. The molecule has 1 aliphatic carbocycles. The summed E-state index contributed by atoms with van der Waals surface area (Å²) in [6.45, 7) is 1.74. The minimum atomic E-state index is -0.695. The molecule has 46 valence electrons. The highest BCUT2D eigenvalue weighted by Gasteiger charge is 2.55. The number of carbonyl (C=O) groups is 1. The van der Waals surface area contributed by atoms with Gasteiger partial charge in [0.05, 0.1) is 5.41 Å². The van der Waals surface area contributed by atoms with E-state index >= 15 is 0 Å². The van der Waals surface area contributed by atoms with E-state index in [4.69, 9.17) is 5.11 Å². The highest BCUT2D eigenvalue weighted by molar-refractivity contribution is 9.09. The number of carboxylic acids is 1. The van der Waals surface area contributed by atoms with Crippen molar-refractivity contribution in [1.29, 1.82) is 0 Å². The number of alkyl halides is 1. The normalized spacial score (nSPS) is 44.0. The van der Waals surface area contributed by atoms with Crippen molar-refractivity contribution in [2.75, 3.05) is 0 Å². The average Bonchev–Trinajstić information content (AvgIpc) is 2.17. The first-order chi connectivity index (χ1) is 3.57. The second kappa shape index (κ2) is 1.47. The van der Waals surface area contributed by atoms with E-state index in [1.54, 1.807) is 6.92 Å². The minimum absolute atomic E-state index is 0.201.